The van der Waals surface area contributed by atoms with Crippen LogP contribution in [0, 0.1) is 17.8 Å². The Morgan fingerprint density at radius 2 is 1.63 bits per heavy atom. The third-order valence-corrected chi connectivity index (χ3v) is 12.8. The summed E-state index contributed by atoms with van der Waals surface area (Å²) in [7, 11) is 0. The molecule has 0 aromatic carbocycles. The first-order valence-electron chi connectivity index (χ1n) is 8.69. The van der Waals surface area contributed by atoms with E-state index in [4.69, 9.17) is 0 Å². The van der Waals surface area contributed by atoms with E-state index in [0.717, 1.165) is 24.5 Å². The predicted octanol–water partition coefficient (Wildman–Crippen LogP) is 5.44. The molecule has 0 spiro atoms. The van der Waals surface area contributed by atoms with Gasteiger partial charge < -0.3 is 0 Å². The maximum absolute atomic E-state index is 2.66. The van der Waals surface area contributed by atoms with Crippen LogP contribution in [-0.2, 0) is 0 Å². The fourth-order valence-corrected chi connectivity index (χ4v) is 12.0. The van der Waals surface area contributed by atoms with E-state index in [-0.39, 0.29) is 0 Å². The minimum absolute atomic E-state index is 1.02. The number of allylic oxidation sites excluding steroid dienone is 2. The number of hydrogen-bond acceptors (Lipinski definition) is 0. The van der Waals surface area contributed by atoms with E-state index in [0.29, 0.717) is 0 Å². The Hall–Kier alpha value is 0.604. The van der Waals surface area contributed by atoms with Crippen LogP contribution in [-0.4, -0.2) is 25.1 Å². The van der Waals surface area contributed by atoms with E-state index in [1.807, 2.05) is 5.47 Å². The topological polar surface area (TPSA) is 0 Å². The van der Waals surface area contributed by atoms with Crippen LogP contribution in [0.4, 0.5) is 0 Å². The van der Waals surface area contributed by atoms with Gasteiger partial charge in [0, 0.05) is 0 Å². The first-order valence-corrected chi connectivity index (χ1v) is 18.7. The van der Waals surface area contributed by atoms with Gasteiger partial charge in [-0.25, -0.2) is 0 Å². The van der Waals surface area contributed by atoms with E-state index in [1.54, 1.807) is 31.9 Å². The molecule has 0 amide bonds. The summed E-state index contributed by atoms with van der Waals surface area (Å²) in [5.74, 6) is 3.29. The Labute approximate surface area is 124 Å². The third kappa shape index (κ3) is 2.96. The molecular formula is C17H31BSn. The van der Waals surface area contributed by atoms with Crippen LogP contribution in [0.2, 0.25) is 27.5 Å². The summed E-state index contributed by atoms with van der Waals surface area (Å²) in [5.41, 5.74) is 2.03. The van der Waals surface area contributed by atoms with Crippen LogP contribution in [0.25, 0.3) is 0 Å². The first kappa shape index (κ1) is 14.5. The standard InChI is InChI=1S/C14H22B.3CH3.Sn/c1-2-3-4-14-8-11-5-12-7-13(6-11)10-15(14)9-12;;;;/h11-13H,2-3,5-10H2,1H3;3*1H3;. The van der Waals surface area contributed by atoms with E-state index in [9.17, 15) is 0 Å². The van der Waals surface area contributed by atoms with Gasteiger partial charge in [-0.3, -0.25) is 0 Å². The predicted molar refractivity (Wildman–Crippen MR) is 89.6 cm³/mol. The zero-order valence-electron chi connectivity index (χ0n) is 13.5. The quantitative estimate of drug-likeness (QED) is 0.584. The van der Waals surface area contributed by atoms with Crippen molar-refractivity contribution >= 4 is 25.1 Å². The van der Waals surface area contributed by atoms with Crippen molar-refractivity contribution in [2.75, 3.05) is 0 Å². The van der Waals surface area contributed by atoms with Crippen LogP contribution in [0.15, 0.2) is 9.06 Å². The Balaban J connectivity index is 1.98. The molecule has 1 saturated carbocycles. The van der Waals surface area contributed by atoms with Gasteiger partial charge in [-0.2, -0.15) is 0 Å². The summed E-state index contributed by atoms with van der Waals surface area (Å²) in [6, 6.07) is 0. The van der Waals surface area contributed by atoms with E-state index >= 15 is 0 Å². The number of hydrogen-bond donors (Lipinski definition) is 0. The maximum atomic E-state index is 2.66. The van der Waals surface area contributed by atoms with Gasteiger partial charge in [-0.1, -0.05) is 0 Å². The summed E-state index contributed by atoms with van der Waals surface area (Å²) in [6.07, 6.45) is 12.2. The molecule has 2 heteroatoms. The molecule has 0 aromatic rings. The van der Waals surface area contributed by atoms with Crippen LogP contribution in [0.5, 0.6) is 0 Å². The van der Waals surface area contributed by atoms with E-state index < -0.39 is 18.4 Å². The van der Waals surface area contributed by atoms with Gasteiger partial charge in [0.05, 0.1) is 0 Å². The third-order valence-electron chi connectivity index (χ3n) is 6.03. The van der Waals surface area contributed by atoms with Gasteiger partial charge in [0.2, 0.25) is 0 Å². The molecule has 4 aliphatic rings. The molecule has 2 unspecified atom stereocenters. The Morgan fingerprint density at radius 3 is 2.16 bits per heavy atom. The van der Waals surface area contributed by atoms with Gasteiger partial charge in [0.1, 0.15) is 0 Å². The van der Waals surface area contributed by atoms with Crippen LogP contribution < -0.4 is 0 Å². The molecule has 3 heterocycles. The summed E-state index contributed by atoms with van der Waals surface area (Å²) in [4.78, 5) is 7.97. The average Bonchev–Trinajstić information content (AvgIpc) is 2.49. The van der Waals surface area contributed by atoms with Crippen LogP contribution in [0.1, 0.15) is 45.4 Å². The minimum atomic E-state index is -1.87. The van der Waals surface area contributed by atoms with Crippen molar-refractivity contribution < 1.29 is 0 Å². The van der Waals surface area contributed by atoms with E-state index in [1.165, 1.54) is 19.3 Å². The van der Waals surface area contributed by atoms with Crippen molar-refractivity contribution in [1.82, 2.24) is 0 Å². The Morgan fingerprint density at radius 1 is 1.05 bits per heavy atom. The van der Waals surface area contributed by atoms with Crippen molar-refractivity contribution in [3.63, 3.8) is 0 Å². The van der Waals surface area contributed by atoms with Gasteiger partial charge in [-0.15, -0.1) is 0 Å². The molecule has 19 heavy (non-hydrogen) atoms. The van der Waals surface area contributed by atoms with Gasteiger partial charge >= 0.3 is 125 Å². The summed E-state index contributed by atoms with van der Waals surface area (Å²) in [6.45, 7) is 3.41. The Kier molecular flexibility index (Phi) is 4.15. The van der Waals surface area contributed by atoms with Crippen LogP contribution >= 0.6 is 0 Å². The summed E-state index contributed by atoms with van der Waals surface area (Å²) in [5, 5.41) is 0. The molecule has 106 valence electrons. The van der Waals surface area contributed by atoms with Crippen LogP contribution in [0.3, 0.4) is 0 Å². The SMILES string of the molecule is CCC/[C](=C1\CC2CC3CB1CC(C3)C2)[Sn]([CH3])([CH3])[CH3]. The molecule has 3 aliphatic heterocycles. The second-order valence-electron chi connectivity index (χ2n) is 8.68. The normalized spacial score (nSPS) is 36.6. The molecule has 0 radical (unpaired) electrons. The number of rotatable bonds is 3. The molecule has 0 aromatic heterocycles. The molecule has 0 nitrogen and oxygen atoms in total. The van der Waals surface area contributed by atoms with Crippen molar-refractivity contribution in [3.8, 4) is 0 Å². The van der Waals surface area contributed by atoms with Crippen molar-refractivity contribution in [3.05, 3.63) is 9.06 Å². The summed E-state index contributed by atoms with van der Waals surface area (Å²) >= 11 is -1.87. The zero-order chi connectivity index (χ0) is 13.6. The molecule has 4 fully saturated rings. The van der Waals surface area contributed by atoms with Crippen molar-refractivity contribution in [1.29, 1.82) is 0 Å². The molecule has 4 rings (SSSR count). The van der Waals surface area contributed by atoms with Gasteiger partial charge in [0.15, 0.2) is 0 Å². The zero-order valence-corrected chi connectivity index (χ0v) is 16.3. The molecule has 3 saturated heterocycles. The fourth-order valence-electron chi connectivity index (χ4n) is 5.55. The monoisotopic (exact) mass is 366 g/mol. The van der Waals surface area contributed by atoms with Gasteiger partial charge in [0.25, 0.3) is 0 Å². The molecule has 2 atom stereocenters. The summed E-state index contributed by atoms with van der Waals surface area (Å²) < 4.78 is 2.05. The fraction of sp³-hybridized carbons (Fsp3) is 0.882. The second kappa shape index (κ2) is 5.42. The molecule has 4 bridgehead atoms. The second-order valence-corrected chi connectivity index (χ2v) is 23.2. The van der Waals surface area contributed by atoms with Gasteiger partial charge in [-0.05, 0) is 0 Å². The average molecular weight is 365 g/mol. The number of fused-ring (bicyclic) bond motifs is 1. The van der Waals surface area contributed by atoms with Crippen molar-refractivity contribution in [2.24, 2.45) is 17.8 Å². The molecule has 0 N–H and O–H groups in total. The molecule has 1 aliphatic carbocycles. The molecular weight excluding hydrogens is 334 g/mol. The van der Waals surface area contributed by atoms with Crippen molar-refractivity contribution in [2.45, 2.75) is 72.9 Å². The Bertz CT molecular complexity index is 365. The van der Waals surface area contributed by atoms with E-state index in [2.05, 4.69) is 25.3 Å². The first-order chi connectivity index (χ1) is 8.97.